The van der Waals surface area contributed by atoms with E-state index in [1.54, 1.807) is 0 Å². The molecule has 2 saturated heterocycles. The van der Waals surface area contributed by atoms with Crippen LogP contribution in [0, 0.1) is 34.0 Å². The number of carbonyl (C=O) groups excluding carboxylic acids is 4. The van der Waals surface area contributed by atoms with Gasteiger partial charge in [-0.2, -0.15) is 0 Å². The summed E-state index contributed by atoms with van der Waals surface area (Å²) in [5.41, 5.74) is -2.53. The van der Waals surface area contributed by atoms with Gasteiger partial charge in [-0.15, -0.1) is 0 Å². The average Bonchev–Trinajstić information content (AvgIpc) is 2.96. The van der Waals surface area contributed by atoms with Crippen LogP contribution in [-0.2, 0) is 38.1 Å². The zero-order chi connectivity index (χ0) is 25.6. The van der Waals surface area contributed by atoms with Gasteiger partial charge in [0.25, 0.3) is 0 Å². The third-order valence-corrected chi connectivity index (χ3v) is 9.79. The van der Waals surface area contributed by atoms with Crippen molar-refractivity contribution in [1.82, 2.24) is 0 Å². The summed E-state index contributed by atoms with van der Waals surface area (Å²) < 4.78 is 23.4. The van der Waals surface area contributed by atoms with Gasteiger partial charge in [0.05, 0.1) is 18.6 Å². The first-order valence-corrected chi connectivity index (χ1v) is 12.4. The molecule has 35 heavy (non-hydrogen) atoms. The Bertz CT molecular complexity index is 1020. The molecule has 2 heterocycles. The monoisotopic (exact) mass is 490 g/mol. The van der Waals surface area contributed by atoms with Crippen molar-refractivity contribution >= 4 is 23.7 Å². The summed E-state index contributed by atoms with van der Waals surface area (Å²) in [6.45, 7) is 10.00. The topological polar surface area (TPSA) is 125 Å². The van der Waals surface area contributed by atoms with Crippen LogP contribution in [0.4, 0.5) is 0 Å². The standard InChI is InChI=1S/C26H34O9/c1-13-17-6-7-18-24-12-33-26(31,25(18,10-17)21(13)30)22(35-16(4)29)20(24)23(5,11-32-14(2)27)9-8-19(24)34-15(3)28/h17-20,22,31H,1,6-12H2,2-5H3/t17?,18-,19+,20+,22-,23+,24+,25-,26-/m0/s1. The van der Waals surface area contributed by atoms with Crippen LogP contribution in [-0.4, -0.2) is 60.0 Å². The molecule has 6 aliphatic rings. The highest BCUT2D eigenvalue weighted by Crippen LogP contribution is 2.77. The van der Waals surface area contributed by atoms with Gasteiger partial charge in [-0.25, -0.2) is 0 Å². The van der Waals surface area contributed by atoms with E-state index in [0.29, 0.717) is 31.3 Å². The first-order valence-electron chi connectivity index (χ1n) is 12.4. The molecule has 2 spiro atoms. The van der Waals surface area contributed by atoms with Crippen LogP contribution in [0.3, 0.4) is 0 Å². The molecule has 4 aliphatic carbocycles. The maximum Gasteiger partial charge on any atom is 0.303 e. The van der Waals surface area contributed by atoms with Crippen LogP contribution < -0.4 is 0 Å². The van der Waals surface area contributed by atoms with Crippen molar-refractivity contribution in [2.75, 3.05) is 13.2 Å². The Labute approximate surface area is 204 Å². The third-order valence-electron chi connectivity index (χ3n) is 9.79. The molecule has 0 amide bonds. The number of ketones is 1. The van der Waals surface area contributed by atoms with Crippen molar-refractivity contribution < 1.29 is 43.2 Å². The molecule has 6 fully saturated rings. The summed E-state index contributed by atoms with van der Waals surface area (Å²) in [5, 5.41) is 12.3. The molecule has 0 aromatic heterocycles. The SMILES string of the molecule is C=C1C(=O)[C@]23CC1CC[C@H]2[C@@]12CO[C@@]3(O)[C@@H](OC(C)=O)[C@@H]1[C@@](C)(COC(C)=O)CC[C@H]2OC(C)=O. The second-order valence-electron chi connectivity index (χ2n) is 11.5. The van der Waals surface area contributed by atoms with E-state index in [4.69, 9.17) is 18.9 Å². The number of Topliss-reactive ketones (excluding diaryl/α,β-unsaturated/α-hetero) is 1. The van der Waals surface area contributed by atoms with Crippen LogP contribution in [0.5, 0.6) is 0 Å². The Morgan fingerprint density at radius 2 is 1.77 bits per heavy atom. The van der Waals surface area contributed by atoms with Crippen molar-refractivity contribution in [1.29, 1.82) is 0 Å². The van der Waals surface area contributed by atoms with Crippen LogP contribution >= 0.6 is 0 Å². The Kier molecular flexibility index (Phi) is 5.32. The van der Waals surface area contributed by atoms with Gasteiger partial charge in [0.1, 0.15) is 6.10 Å². The lowest BCUT2D eigenvalue weighted by Gasteiger charge is -2.74. The molecule has 192 valence electrons. The largest absolute Gasteiger partial charge is 0.465 e. The zero-order valence-electron chi connectivity index (χ0n) is 20.8. The second-order valence-corrected chi connectivity index (χ2v) is 11.5. The number of hydrogen-bond acceptors (Lipinski definition) is 9. The van der Waals surface area contributed by atoms with Gasteiger partial charge in [0.2, 0.25) is 5.79 Å². The Morgan fingerprint density at radius 3 is 2.40 bits per heavy atom. The van der Waals surface area contributed by atoms with Crippen LogP contribution in [0.25, 0.3) is 0 Å². The number of carbonyl (C=O) groups is 4. The zero-order valence-corrected chi connectivity index (χ0v) is 20.8. The number of ether oxygens (including phenoxy) is 4. The summed E-state index contributed by atoms with van der Waals surface area (Å²) in [6, 6.07) is 0. The van der Waals surface area contributed by atoms with Crippen molar-refractivity contribution in [3.05, 3.63) is 12.2 Å². The molecule has 1 unspecified atom stereocenters. The van der Waals surface area contributed by atoms with Gasteiger partial charge in [-0.3, -0.25) is 19.2 Å². The molecular formula is C26H34O9. The normalized spacial score (nSPS) is 47.5. The van der Waals surface area contributed by atoms with Crippen LogP contribution in [0.2, 0.25) is 0 Å². The van der Waals surface area contributed by atoms with E-state index >= 15 is 0 Å². The Balaban J connectivity index is 1.75. The fourth-order valence-electron chi connectivity index (χ4n) is 8.71. The van der Waals surface area contributed by atoms with Crippen molar-refractivity contribution in [2.24, 2.45) is 34.0 Å². The van der Waals surface area contributed by atoms with Gasteiger partial charge < -0.3 is 24.1 Å². The minimum Gasteiger partial charge on any atom is -0.465 e. The third kappa shape index (κ3) is 2.94. The molecule has 9 atom stereocenters. The van der Waals surface area contributed by atoms with Crippen LogP contribution in [0.1, 0.15) is 59.8 Å². The predicted molar refractivity (Wildman–Crippen MR) is 119 cm³/mol. The Morgan fingerprint density at radius 1 is 1.09 bits per heavy atom. The summed E-state index contributed by atoms with van der Waals surface area (Å²) in [6.07, 6.45) is 0.843. The number of esters is 3. The van der Waals surface area contributed by atoms with E-state index in [-0.39, 0.29) is 30.8 Å². The molecule has 9 nitrogen and oxygen atoms in total. The predicted octanol–water partition coefficient (Wildman–Crippen LogP) is 2.09. The molecule has 9 heteroatoms. The van der Waals surface area contributed by atoms with E-state index < -0.39 is 58.1 Å². The molecule has 4 saturated carbocycles. The first kappa shape index (κ1) is 24.4. The van der Waals surface area contributed by atoms with Gasteiger partial charge in [0.15, 0.2) is 11.9 Å². The highest BCUT2D eigenvalue weighted by molar-refractivity contribution is 6.04. The number of allylic oxidation sites excluding steroid dienone is 1. The summed E-state index contributed by atoms with van der Waals surface area (Å²) in [5.74, 6) is -4.88. The summed E-state index contributed by atoms with van der Waals surface area (Å²) in [4.78, 5) is 50.3. The highest BCUT2D eigenvalue weighted by Gasteiger charge is 2.86. The van der Waals surface area contributed by atoms with E-state index in [0.717, 1.165) is 6.42 Å². The van der Waals surface area contributed by atoms with E-state index in [9.17, 15) is 24.3 Å². The minimum absolute atomic E-state index is 0.0381. The lowest BCUT2D eigenvalue weighted by Crippen LogP contribution is -2.84. The number of rotatable bonds is 4. The van der Waals surface area contributed by atoms with Crippen molar-refractivity contribution in [3.63, 3.8) is 0 Å². The summed E-state index contributed by atoms with van der Waals surface area (Å²) >= 11 is 0. The van der Waals surface area contributed by atoms with Crippen molar-refractivity contribution in [3.8, 4) is 0 Å². The number of fused-ring (bicyclic) bond motifs is 2. The quantitative estimate of drug-likeness (QED) is 0.358. The molecule has 4 bridgehead atoms. The fourth-order valence-corrected chi connectivity index (χ4v) is 8.71. The maximum atomic E-state index is 13.9. The van der Waals surface area contributed by atoms with E-state index in [2.05, 4.69) is 6.58 Å². The van der Waals surface area contributed by atoms with Crippen molar-refractivity contribution in [2.45, 2.75) is 77.8 Å². The molecule has 0 aromatic rings. The smallest absolute Gasteiger partial charge is 0.303 e. The fraction of sp³-hybridized carbons (Fsp3) is 0.769. The van der Waals surface area contributed by atoms with Gasteiger partial charge in [-0.05, 0) is 49.5 Å². The van der Waals surface area contributed by atoms with Gasteiger partial charge in [-0.1, -0.05) is 13.5 Å². The van der Waals surface area contributed by atoms with E-state index in [1.165, 1.54) is 20.8 Å². The average molecular weight is 491 g/mol. The minimum atomic E-state index is -2.07. The highest BCUT2D eigenvalue weighted by atomic mass is 16.7. The number of aliphatic hydroxyl groups is 1. The molecule has 2 aliphatic heterocycles. The summed E-state index contributed by atoms with van der Waals surface area (Å²) in [7, 11) is 0. The Hall–Kier alpha value is -2.26. The van der Waals surface area contributed by atoms with Gasteiger partial charge >= 0.3 is 17.9 Å². The lowest BCUT2D eigenvalue weighted by molar-refractivity contribution is -0.449. The van der Waals surface area contributed by atoms with E-state index in [1.807, 2.05) is 6.92 Å². The van der Waals surface area contributed by atoms with Crippen LogP contribution in [0.15, 0.2) is 12.2 Å². The lowest BCUT2D eigenvalue weighted by atomic mass is 9.36. The first-order chi connectivity index (χ1) is 16.3. The molecular weight excluding hydrogens is 456 g/mol. The molecule has 0 aromatic carbocycles. The second kappa shape index (κ2) is 7.62. The molecule has 1 N–H and O–H groups in total. The molecule has 0 radical (unpaired) electrons. The van der Waals surface area contributed by atoms with Gasteiger partial charge in [0, 0.05) is 37.5 Å². The number of hydrogen-bond donors (Lipinski definition) is 1. The maximum absolute atomic E-state index is 13.9. The molecule has 6 rings (SSSR count).